The molecule has 3 aromatic rings. The van der Waals surface area contributed by atoms with E-state index in [1.54, 1.807) is 43.4 Å². The largest absolute Gasteiger partial charge is 0.416 e. The molecule has 1 atom stereocenters. The predicted molar refractivity (Wildman–Crippen MR) is 102 cm³/mol. The first-order valence-corrected chi connectivity index (χ1v) is 8.60. The summed E-state index contributed by atoms with van der Waals surface area (Å²) in [5.41, 5.74) is 2.76. The van der Waals surface area contributed by atoms with E-state index in [4.69, 9.17) is 0 Å². The van der Waals surface area contributed by atoms with Crippen molar-refractivity contribution in [2.75, 3.05) is 12.1 Å². The van der Waals surface area contributed by atoms with Gasteiger partial charge in [-0.15, -0.1) is 5.10 Å². The SMILES string of the molecule is Cc1cc(-c2ncn(/C=C\C(O)NN(C)c3ccccn3)n2)cc(C(F)(F)F)c1. The molecule has 0 amide bonds. The summed E-state index contributed by atoms with van der Waals surface area (Å²) in [6.07, 6.45) is 0.332. The van der Waals surface area contributed by atoms with Crippen LogP contribution in [0.1, 0.15) is 11.1 Å². The Balaban J connectivity index is 1.69. The zero-order chi connectivity index (χ0) is 21.0. The Hall–Kier alpha value is -3.24. The zero-order valence-electron chi connectivity index (χ0n) is 15.7. The summed E-state index contributed by atoms with van der Waals surface area (Å²) in [4.78, 5) is 8.19. The molecule has 0 radical (unpaired) electrons. The smallest absolute Gasteiger partial charge is 0.373 e. The summed E-state index contributed by atoms with van der Waals surface area (Å²) >= 11 is 0. The lowest BCUT2D eigenvalue weighted by atomic mass is 10.1. The summed E-state index contributed by atoms with van der Waals surface area (Å²) in [7, 11) is 1.70. The van der Waals surface area contributed by atoms with E-state index in [1.807, 2.05) is 6.07 Å². The molecule has 2 heterocycles. The third-order valence-corrected chi connectivity index (χ3v) is 3.91. The van der Waals surface area contributed by atoms with Crippen molar-refractivity contribution in [1.82, 2.24) is 25.2 Å². The van der Waals surface area contributed by atoms with Crippen LogP contribution in [0.2, 0.25) is 0 Å². The van der Waals surface area contributed by atoms with Crippen molar-refractivity contribution in [1.29, 1.82) is 0 Å². The second-order valence-corrected chi connectivity index (χ2v) is 6.30. The number of aliphatic hydroxyl groups is 1. The van der Waals surface area contributed by atoms with Gasteiger partial charge in [0.2, 0.25) is 0 Å². The highest BCUT2D eigenvalue weighted by atomic mass is 19.4. The minimum absolute atomic E-state index is 0.150. The van der Waals surface area contributed by atoms with Crippen LogP contribution in [0.25, 0.3) is 17.6 Å². The average molecular weight is 404 g/mol. The number of aliphatic hydroxyl groups excluding tert-OH is 1. The number of rotatable bonds is 6. The number of hydrogen-bond acceptors (Lipinski definition) is 6. The molecule has 2 aromatic heterocycles. The summed E-state index contributed by atoms with van der Waals surface area (Å²) < 4.78 is 40.3. The van der Waals surface area contributed by atoms with E-state index in [0.717, 1.165) is 12.1 Å². The number of aryl methyl sites for hydroxylation is 1. The molecule has 0 bridgehead atoms. The molecule has 1 aromatic carbocycles. The van der Waals surface area contributed by atoms with Gasteiger partial charge in [-0.05, 0) is 48.9 Å². The van der Waals surface area contributed by atoms with Crippen molar-refractivity contribution in [2.24, 2.45) is 0 Å². The second kappa shape index (κ2) is 8.41. The van der Waals surface area contributed by atoms with Crippen LogP contribution in [0.3, 0.4) is 0 Å². The Morgan fingerprint density at radius 2 is 2.00 bits per heavy atom. The summed E-state index contributed by atoms with van der Waals surface area (Å²) in [6, 6.07) is 9.02. The van der Waals surface area contributed by atoms with Gasteiger partial charge < -0.3 is 5.11 Å². The van der Waals surface area contributed by atoms with Gasteiger partial charge in [0.15, 0.2) is 5.82 Å². The van der Waals surface area contributed by atoms with E-state index in [-0.39, 0.29) is 11.4 Å². The van der Waals surface area contributed by atoms with Gasteiger partial charge in [-0.3, -0.25) is 5.01 Å². The molecule has 0 saturated carbocycles. The van der Waals surface area contributed by atoms with Crippen molar-refractivity contribution in [3.8, 4) is 11.4 Å². The first kappa shape index (κ1) is 20.5. The average Bonchev–Trinajstić information content (AvgIpc) is 3.15. The van der Waals surface area contributed by atoms with Crippen LogP contribution in [-0.4, -0.2) is 38.1 Å². The number of aromatic nitrogens is 4. The maximum Gasteiger partial charge on any atom is 0.416 e. The number of hydrogen-bond donors (Lipinski definition) is 2. The number of pyridine rings is 1. The van der Waals surface area contributed by atoms with Crippen molar-refractivity contribution < 1.29 is 18.3 Å². The minimum Gasteiger partial charge on any atom is -0.373 e. The van der Waals surface area contributed by atoms with Gasteiger partial charge in [0.25, 0.3) is 0 Å². The molecular weight excluding hydrogens is 385 g/mol. The van der Waals surface area contributed by atoms with Crippen molar-refractivity contribution in [2.45, 2.75) is 19.3 Å². The van der Waals surface area contributed by atoms with Crippen LogP contribution in [0.5, 0.6) is 0 Å². The molecule has 3 rings (SSSR count). The van der Waals surface area contributed by atoms with E-state index in [1.165, 1.54) is 23.3 Å². The van der Waals surface area contributed by atoms with Crippen LogP contribution >= 0.6 is 0 Å². The quantitative estimate of drug-likeness (QED) is 0.486. The first-order valence-electron chi connectivity index (χ1n) is 8.60. The van der Waals surface area contributed by atoms with E-state index in [9.17, 15) is 18.3 Å². The number of anilines is 1. The fourth-order valence-electron chi connectivity index (χ4n) is 2.58. The molecule has 0 aliphatic carbocycles. The van der Waals surface area contributed by atoms with Crippen molar-refractivity contribution in [3.63, 3.8) is 0 Å². The maximum absolute atomic E-state index is 13.0. The van der Waals surface area contributed by atoms with Gasteiger partial charge >= 0.3 is 6.18 Å². The van der Waals surface area contributed by atoms with Crippen molar-refractivity contribution in [3.05, 3.63) is 66.1 Å². The summed E-state index contributed by atoms with van der Waals surface area (Å²) in [5, 5.41) is 15.8. The fourth-order valence-corrected chi connectivity index (χ4v) is 2.58. The molecule has 0 aliphatic heterocycles. The number of halogens is 3. The Kier molecular flexibility index (Phi) is 5.95. The predicted octanol–water partition coefficient (Wildman–Crippen LogP) is 3.10. The minimum atomic E-state index is -4.45. The molecule has 0 aliphatic rings. The normalized spacial score (nSPS) is 13.0. The van der Waals surface area contributed by atoms with Gasteiger partial charge in [0.05, 0.1) is 5.56 Å². The molecule has 10 heteroatoms. The van der Waals surface area contributed by atoms with Gasteiger partial charge in [-0.2, -0.15) is 13.2 Å². The maximum atomic E-state index is 13.0. The first-order chi connectivity index (χ1) is 13.7. The Bertz CT molecular complexity index is 987. The molecule has 29 heavy (non-hydrogen) atoms. The Morgan fingerprint density at radius 1 is 1.21 bits per heavy atom. The number of hydrazine groups is 1. The van der Waals surface area contributed by atoms with E-state index >= 15 is 0 Å². The number of alkyl halides is 3. The lowest BCUT2D eigenvalue weighted by Crippen LogP contribution is -2.41. The van der Waals surface area contributed by atoms with E-state index in [2.05, 4.69) is 20.5 Å². The third-order valence-electron chi connectivity index (χ3n) is 3.91. The highest BCUT2D eigenvalue weighted by Crippen LogP contribution is 2.32. The van der Waals surface area contributed by atoms with Gasteiger partial charge in [0.1, 0.15) is 18.4 Å². The molecule has 0 saturated heterocycles. The topological polar surface area (TPSA) is 79.1 Å². The summed E-state index contributed by atoms with van der Waals surface area (Å²) in [5.74, 6) is 0.764. The van der Waals surface area contributed by atoms with Crippen LogP contribution in [0, 0.1) is 6.92 Å². The molecule has 0 spiro atoms. The van der Waals surface area contributed by atoms with Crippen molar-refractivity contribution >= 4 is 12.0 Å². The molecule has 7 nitrogen and oxygen atoms in total. The lowest BCUT2D eigenvalue weighted by Gasteiger charge is -2.21. The van der Waals surface area contributed by atoms with Gasteiger partial charge in [0, 0.05) is 25.0 Å². The molecule has 152 valence electrons. The second-order valence-electron chi connectivity index (χ2n) is 6.30. The van der Waals surface area contributed by atoms with Crippen LogP contribution in [0.15, 0.2) is 55.0 Å². The lowest BCUT2D eigenvalue weighted by molar-refractivity contribution is -0.137. The Labute approximate surface area is 165 Å². The molecular formula is C19H19F3N6O. The summed E-state index contributed by atoms with van der Waals surface area (Å²) in [6.45, 7) is 1.58. The monoisotopic (exact) mass is 404 g/mol. The van der Waals surface area contributed by atoms with E-state index in [0.29, 0.717) is 11.4 Å². The molecule has 1 unspecified atom stereocenters. The van der Waals surface area contributed by atoms with E-state index < -0.39 is 18.0 Å². The number of benzene rings is 1. The number of nitrogens with zero attached hydrogens (tertiary/aromatic N) is 5. The fraction of sp³-hybridized carbons (Fsp3) is 0.211. The van der Waals surface area contributed by atoms with Crippen LogP contribution < -0.4 is 10.4 Å². The highest BCUT2D eigenvalue weighted by Gasteiger charge is 2.31. The number of nitrogens with one attached hydrogen (secondary N) is 1. The van der Waals surface area contributed by atoms with Gasteiger partial charge in [-0.1, -0.05) is 6.07 Å². The van der Waals surface area contributed by atoms with Crippen LogP contribution in [-0.2, 0) is 6.18 Å². The third kappa shape index (κ3) is 5.39. The van der Waals surface area contributed by atoms with Crippen LogP contribution in [0.4, 0.5) is 19.0 Å². The molecule has 0 fully saturated rings. The standard InChI is InChI=1S/C19H19F3N6O/c1-13-9-14(11-15(10-13)19(20,21)22)18-24-12-28(26-18)8-6-17(29)25-27(2)16-5-3-4-7-23-16/h3-12,17,25,29H,1-2H3/b8-6-. The molecule has 2 N–H and O–H groups in total. The van der Waals surface area contributed by atoms with Gasteiger partial charge in [-0.25, -0.2) is 20.1 Å². The Morgan fingerprint density at radius 3 is 2.69 bits per heavy atom. The highest BCUT2D eigenvalue weighted by molar-refractivity contribution is 5.57. The zero-order valence-corrected chi connectivity index (χ0v) is 15.7.